The molecule has 1 aliphatic carbocycles. The van der Waals surface area contributed by atoms with Crippen LogP contribution in [0.25, 0.3) is 0 Å². The summed E-state index contributed by atoms with van der Waals surface area (Å²) in [5.74, 6) is 0.572. The SMILES string of the molecule is CCOC(=O)c1cccc(NC(=S)NC2(c3ccco3)CCCC2)c1. The summed E-state index contributed by atoms with van der Waals surface area (Å²) in [5, 5.41) is 7.10. The zero-order chi connectivity index (χ0) is 17.7. The van der Waals surface area contributed by atoms with Gasteiger partial charge in [0.15, 0.2) is 5.11 Å². The van der Waals surface area contributed by atoms with E-state index in [1.54, 1.807) is 31.4 Å². The van der Waals surface area contributed by atoms with Gasteiger partial charge in [0.25, 0.3) is 0 Å². The zero-order valence-corrected chi connectivity index (χ0v) is 15.0. The summed E-state index contributed by atoms with van der Waals surface area (Å²) < 4.78 is 10.7. The minimum Gasteiger partial charge on any atom is -0.467 e. The Labute approximate surface area is 152 Å². The first kappa shape index (κ1) is 17.5. The van der Waals surface area contributed by atoms with E-state index in [-0.39, 0.29) is 11.5 Å². The van der Waals surface area contributed by atoms with E-state index in [2.05, 4.69) is 10.6 Å². The summed E-state index contributed by atoms with van der Waals surface area (Å²) in [6, 6.07) is 11.0. The van der Waals surface area contributed by atoms with Gasteiger partial charge in [-0.25, -0.2) is 4.79 Å². The molecule has 0 spiro atoms. The summed E-state index contributed by atoms with van der Waals surface area (Å²) >= 11 is 5.50. The Hall–Kier alpha value is -2.34. The summed E-state index contributed by atoms with van der Waals surface area (Å²) in [5.41, 5.74) is 0.985. The third-order valence-electron chi connectivity index (χ3n) is 4.43. The molecule has 1 aliphatic rings. The van der Waals surface area contributed by atoms with Gasteiger partial charge in [-0.2, -0.15) is 0 Å². The molecule has 25 heavy (non-hydrogen) atoms. The molecule has 0 aliphatic heterocycles. The molecule has 0 bridgehead atoms. The van der Waals surface area contributed by atoms with Crippen LogP contribution in [-0.4, -0.2) is 17.7 Å². The Morgan fingerprint density at radius 2 is 2.08 bits per heavy atom. The highest BCUT2D eigenvalue weighted by molar-refractivity contribution is 7.80. The monoisotopic (exact) mass is 358 g/mol. The number of carbonyl (C=O) groups excluding carboxylic acids is 1. The quantitative estimate of drug-likeness (QED) is 0.617. The van der Waals surface area contributed by atoms with Crippen LogP contribution in [0.4, 0.5) is 5.69 Å². The highest BCUT2D eigenvalue weighted by Gasteiger charge is 2.38. The van der Waals surface area contributed by atoms with Crippen molar-refractivity contribution in [3.05, 3.63) is 54.0 Å². The average molecular weight is 358 g/mol. The van der Waals surface area contributed by atoms with Crippen LogP contribution in [0, 0.1) is 0 Å². The molecule has 2 N–H and O–H groups in total. The van der Waals surface area contributed by atoms with Crippen LogP contribution in [0.3, 0.4) is 0 Å². The maximum absolute atomic E-state index is 11.9. The number of rotatable bonds is 5. The predicted molar refractivity (Wildman–Crippen MR) is 101 cm³/mol. The lowest BCUT2D eigenvalue weighted by Gasteiger charge is -2.29. The van der Waals surface area contributed by atoms with E-state index in [4.69, 9.17) is 21.4 Å². The van der Waals surface area contributed by atoms with E-state index < -0.39 is 0 Å². The number of anilines is 1. The fraction of sp³-hybridized carbons (Fsp3) is 0.368. The van der Waals surface area contributed by atoms with Crippen molar-refractivity contribution in [2.24, 2.45) is 0 Å². The van der Waals surface area contributed by atoms with Gasteiger partial charge in [0, 0.05) is 5.69 Å². The first-order valence-electron chi connectivity index (χ1n) is 8.53. The first-order chi connectivity index (χ1) is 12.1. The van der Waals surface area contributed by atoms with E-state index in [1.165, 1.54) is 0 Å². The lowest BCUT2D eigenvalue weighted by molar-refractivity contribution is 0.0526. The van der Waals surface area contributed by atoms with Crippen molar-refractivity contribution in [1.82, 2.24) is 5.32 Å². The van der Waals surface area contributed by atoms with Gasteiger partial charge >= 0.3 is 5.97 Å². The molecule has 1 heterocycles. The van der Waals surface area contributed by atoms with Gasteiger partial charge in [-0.05, 0) is 62.3 Å². The molecule has 0 radical (unpaired) electrons. The largest absolute Gasteiger partial charge is 0.467 e. The van der Waals surface area contributed by atoms with Crippen molar-refractivity contribution in [2.45, 2.75) is 38.1 Å². The molecular formula is C19H22N2O3S. The number of hydrogen-bond donors (Lipinski definition) is 2. The average Bonchev–Trinajstić information content (AvgIpc) is 3.27. The van der Waals surface area contributed by atoms with E-state index in [1.807, 2.05) is 18.2 Å². The molecule has 0 unspecified atom stereocenters. The fourth-order valence-corrected chi connectivity index (χ4v) is 3.59. The molecule has 1 saturated carbocycles. The topological polar surface area (TPSA) is 63.5 Å². The Morgan fingerprint density at radius 3 is 2.76 bits per heavy atom. The maximum atomic E-state index is 11.9. The maximum Gasteiger partial charge on any atom is 0.338 e. The number of ether oxygens (including phenoxy) is 1. The molecule has 0 amide bonds. The number of nitrogens with one attached hydrogen (secondary N) is 2. The molecule has 5 nitrogen and oxygen atoms in total. The van der Waals surface area contributed by atoms with Gasteiger partial charge in [0.2, 0.25) is 0 Å². The van der Waals surface area contributed by atoms with Gasteiger partial charge in [-0.3, -0.25) is 0 Å². The van der Waals surface area contributed by atoms with Crippen molar-refractivity contribution >= 4 is 29.0 Å². The number of benzene rings is 1. The molecule has 2 aromatic rings. The minimum atomic E-state index is -0.340. The second-order valence-corrected chi connectivity index (χ2v) is 6.56. The number of carbonyl (C=O) groups is 1. The molecular weight excluding hydrogens is 336 g/mol. The molecule has 132 valence electrons. The van der Waals surface area contributed by atoms with Crippen LogP contribution in [-0.2, 0) is 10.3 Å². The Morgan fingerprint density at radius 1 is 1.28 bits per heavy atom. The highest BCUT2D eigenvalue weighted by atomic mass is 32.1. The predicted octanol–water partition coefficient (Wildman–Crippen LogP) is 4.21. The molecule has 0 saturated heterocycles. The van der Waals surface area contributed by atoms with Gasteiger partial charge in [0.1, 0.15) is 5.76 Å². The van der Waals surface area contributed by atoms with E-state index >= 15 is 0 Å². The van der Waals surface area contributed by atoms with Crippen LogP contribution >= 0.6 is 12.2 Å². The van der Waals surface area contributed by atoms with Crippen LogP contribution in [0.2, 0.25) is 0 Å². The molecule has 1 fully saturated rings. The third kappa shape index (κ3) is 4.02. The second kappa shape index (κ2) is 7.70. The highest BCUT2D eigenvalue weighted by Crippen LogP contribution is 2.39. The van der Waals surface area contributed by atoms with Crippen LogP contribution < -0.4 is 10.6 Å². The molecule has 1 aromatic carbocycles. The molecule has 3 rings (SSSR count). The summed E-state index contributed by atoms with van der Waals surface area (Å²) in [7, 11) is 0. The summed E-state index contributed by atoms with van der Waals surface area (Å²) in [4.78, 5) is 11.9. The van der Waals surface area contributed by atoms with Gasteiger partial charge in [0.05, 0.1) is 24.0 Å². The number of hydrogen-bond acceptors (Lipinski definition) is 4. The van der Waals surface area contributed by atoms with Crippen molar-refractivity contribution in [1.29, 1.82) is 0 Å². The van der Waals surface area contributed by atoms with Crippen molar-refractivity contribution in [2.75, 3.05) is 11.9 Å². The second-order valence-electron chi connectivity index (χ2n) is 6.15. The Balaban J connectivity index is 1.70. The molecule has 0 atom stereocenters. The lowest BCUT2D eigenvalue weighted by atomic mass is 9.94. The van der Waals surface area contributed by atoms with E-state index in [0.29, 0.717) is 17.3 Å². The van der Waals surface area contributed by atoms with E-state index in [0.717, 1.165) is 37.1 Å². The third-order valence-corrected chi connectivity index (χ3v) is 4.64. The van der Waals surface area contributed by atoms with Gasteiger partial charge in [-0.1, -0.05) is 18.9 Å². The van der Waals surface area contributed by atoms with Crippen LogP contribution in [0.15, 0.2) is 47.1 Å². The Kier molecular flexibility index (Phi) is 5.38. The molecule has 6 heteroatoms. The number of furan rings is 1. The van der Waals surface area contributed by atoms with Crippen molar-refractivity contribution in [3.8, 4) is 0 Å². The first-order valence-corrected chi connectivity index (χ1v) is 8.94. The van der Waals surface area contributed by atoms with Crippen LogP contribution in [0.5, 0.6) is 0 Å². The normalized spacial score (nSPS) is 15.6. The number of thiocarbonyl (C=S) groups is 1. The lowest BCUT2D eigenvalue weighted by Crippen LogP contribution is -2.45. The Bertz CT molecular complexity index is 737. The van der Waals surface area contributed by atoms with Crippen molar-refractivity contribution < 1.29 is 13.9 Å². The zero-order valence-electron chi connectivity index (χ0n) is 14.2. The van der Waals surface area contributed by atoms with E-state index in [9.17, 15) is 4.79 Å². The van der Waals surface area contributed by atoms with Gasteiger partial charge < -0.3 is 19.8 Å². The standard InChI is InChI=1S/C19H22N2O3S/c1-2-23-17(22)14-7-5-8-15(13-14)20-18(25)21-19(10-3-4-11-19)16-9-6-12-24-16/h5-9,12-13H,2-4,10-11H2,1H3,(H2,20,21,25). The van der Waals surface area contributed by atoms with Gasteiger partial charge in [-0.15, -0.1) is 0 Å². The van der Waals surface area contributed by atoms with Crippen LogP contribution in [0.1, 0.15) is 48.7 Å². The summed E-state index contributed by atoms with van der Waals surface area (Å²) in [6.07, 6.45) is 5.91. The summed E-state index contributed by atoms with van der Waals surface area (Å²) in [6.45, 7) is 2.14. The number of esters is 1. The van der Waals surface area contributed by atoms with Crippen molar-refractivity contribution in [3.63, 3.8) is 0 Å². The fourth-order valence-electron chi connectivity index (χ4n) is 3.28. The smallest absolute Gasteiger partial charge is 0.338 e. The minimum absolute atomic E-state index is 0.258. The molecule has 1 aromatic heterocycles.